The number of hydrogen-bond donors (Lipinski definition) is 1. The first kappa shape index (κ1) is 15.8. The number of hydrogen-bond acceptors (Lipinski definition) is 4. The van der Waals surface area contributed by atoms with E-state index in [1.165, 1.54) is 0 Å². The Hall–Kier alpha value is -1.59. The molecule has 1 aromatic carbocycles. The molecule has 0 unspecified atom stereocenters. The van der Waals surface area contributed by atoms with Crippen molar-refractivity contribution in [2.45, 2.75) is 13.3 Å². The van der Waals surface area contributed by atoms with E-state index in [1.54, 1.807) is 12.1 Å². The lowest BCUT2D eigenvalue weighted by Crippen LogP contribution is -2.44. The first-order valence-electron chi connectivity index (χ1n) is 7.43. The zero-order valence-electron chi connectivity index (χ0n) is 12.8. The smallest absolute Gasteiger partial charge is 0.335 e. The molecule has 0 saturated carbocycles. The molecule has 0 amide bonds. The minimum atomic E-state index is -0.916. The second kappa shape index (κ2) is 7.43. The van der Waals surface area contributed by atoms with E-state index in [2.05, 4.69) is 16.8 Å². The summed E-state index contributed by atoms with van der Waals surface area (Å²) < 4.78 is 5.69. The molecule has 1 saturated heterocycles. The monoisotopic (exact) mass is 292 g/mol. The van der Waals surface area contributed by atoms with Crippen molar-refractivity contribution in [1.82, 2.24) is 9.80 Å². The molecule has 1 heterocycles. The molecule has 5 heteroatoms. The molecule has 0 aromatic heterocycles. The minimum Gasteiger partial charge on any atom is -0.494 e. The fourth-order valence-corrected chi connectivity index (χ4v) is 2.50. The molecule has 0 atom stereocenters. The molecule has 1 aliphatic heterocycles. The summed E-state index contributed by atoms with van der Waals surface area (Å²) in [5.41, 5.74) is 1.19. The fraction of sp³-hybridized carbons (Fsp3) is 0.562. The Kier molecular flexibility index (Phi) is 5.59. The third kappa shape index (κ3) is 5.02. The van der Waals surface area contributed by atoms with Gasteiger partial charge < -0.3 is 19.6 Å². The van der Waals surface area contributed by atoms with Crippen molar-refractivity contribution in [3.05, 3.63) is 29.3 Å². The molecule has 1 aliphatic rings. The van der Waals surface area contributed by atoms with Crippen molar-refractivity contribution < 1.29 is 14.6 Å². The van der Waals surface area contributed by atoms with E-state index in [9.17, 15) is 4.79 Å². The third-order valence-corrected chi connectivity index (χ3v) is 3.78. The summed E-state index contributed by atoms with van der Waals surface area (Å²) in [7, 11) is 2.15. The number of nitrogens with zero attached hydrogens (tertiary/aromatic N) is 2. The number of benzene rings is 1. The Balaban J connectivity index is 1.74. The highest BCUT2D eigenvalue weighted by Crippen LogP contribution is 2.17. The van der Waals surface area contributed by atoms with Gasteiger partial charge in [0.05, 0.1) is 12.2 Å². The van der Waals surface area contributed by atoms with E-state index in [1.807, 2.05) is 13.0 Å². The average molecular weight is 292 g/mol. The molecular weight excluding hydrogens is 268 g/mol. The van der Waals surface area contributed by atoms with E-state index in [0.717, 1.165) is 44.7 Å². The Morgan fingerprint density at radius 2 is 1.95 bits per heavy atom. The van der Waals surface area contributed by atoms with Gasteiger partial charge >= 0.3 is 5.97 Å². The lowest BCUT2D eigenvalue weighted by molar-refractivity contribution is 0.0696. The number of likely N-dealkylation sites (N-methyl/N-ethyl adjacent to an activating group) is 1. The van der Waals surface area contributed by atoms with Crippen LogP contribution in [0.15, 0.2) is 18.2 Å². The summed E-state index contributed by atoms with van der Waals surface area (Å²) >= 11 is 0. The summed E-state index contributed by atoms with van der Waals surface area (Å²) in [5, 5.41) is 9.03. The summed E-state index contributed by atoms with van der Waals surface area (Å²) in [6.07, 6.45) is 0.958. The molecule has 0 bridgehead atoms. The van der Waals surface area contributed by atoms with Gasteiger partial charge in [-0.1, -0.05) is 0 Å². The Morgan fingerprint density at radius 1 is 1.24 bits per heavy atom. The van der Waals surface area contributed by atoms with Gasteiger partial charge in [0.25, 0.3) is 0 Å². The third-order valence-electron chi connectivity index (χ3n) is 3.78. The van der Waals surface area contributed by atoms with Crippen LogP contribution in [0.5, 0.6) is 5.75 Å². The van der Waals surface area contributed by atoms with E-state index >= 15 is 0 Å². The van der Waals surface area contributed by atoms with Crippen LogP contribution in [-0.2, 0) is 0 Å². The Labute approximate surface area is 126 Å². The molecular formula is C16H24N2O3. The first-order valence-corrected chi connectivity index (χ1v) is 7.43. The maximum Gasteiger partial charge on any atom is 0.335 e. The Morgan fingerprint density at radius 3 is 2.62 bits per heavy atom. The highest BCUT2D eigenvalue weighted by molar-refractivity contribution is 5.88. The normalized spacial score (nSPS) is 16.9. The van der Waals surface area contributed by atoms with Gasteiger partial charge in [0.2, 0.25) is 0 Å². The number of aromatic carboxylic acids is 1. The summed E-state index contributed by atoms with van der Waals surface area (Å²) in [4.78, 5) is 15.8. The van der Waals surface area contributed by atoms with Gasteiger partial charge in [-0.2, -0.15) is 0 Å². The van der Waals surface area contributed by atoms with Crippen LogP contribution in [0.3, 0.4) is 0 Å². The molecule has 1 N–H and O–H groups in total. The van der Waals surface area contributed by atoms with Gasteiger partial charge in [-0.3, -0.25) is 0 Å². The molecule has 0 aliphatic carbocycles. The van der Waals surface area contributed by atoms with Crippen LogP contribution < -0.4 is 4.74 Å². The van der Waals surface area contributed by atoms with Crippen molar-refractivity contribution in [1.29, 1.82) is 0 Å². The second-order valence-electron chi connectivity index (χ2n) is 5.69. The molecule has 21 heavy (non-hydrogen) atoms. The van der Waals surface area contributed by atoms with Gasteiger partial charge in [-0.25, -0.2) is 4.79 Å². The van der Waals surface area contributed by atoms with Gasteiger partial charge in [0.1, 0.15) is 5.75 Å². The molecule has 116 valence electrons. The number of carboxylic acid groups (broad SMARTS) is 1. The zero-order valence-corrected chi connectivity index (χ0v) is 12.8. The summed E-state index contributed by atoms with van der Waals surface area (Å²) in [6, 6.07) is 5.12. The van der Waals surface area contributed by atoms with Crippen molar-refractivity contribution in [3.63, 3.8) is 0 Å². The van der Waals surface area contributed by atoms with Crippen LogP contribution in [0, 0.1) is 6.92 Å². The van der Waals surface area contributed by atoms with Crippen LogP contribution in [-0.4, -0.2) is 67.3 Å². The van der Waals surface area contributed by atoms with Crippen LogP contribution in [0.1, 0.15) is 22.3 Å². The topological polar surface area (TPSA) is 53.0 Å². The number of carbonyl (C=O) groups is 1. The van der Waals surface area contributed by atoms with Gasteiger partial charge in [-0.15, -0.1) is 0 Å². The first-order chi connectivity index (χ1) is 10.0. The SMILES string of the molecule is Cc1cc(OCCCN2CCN(C)CC2)cc(C(=O)O)c1. The molecule has 0 radical (unpaired) electrons. The second-order valence-corrected chi connectivity index (χ2v) is 5.69. The van der Waals surface area contributed by atoms with E-state index in [-0.39, 0.29) is 5.56 Å². The molecule has 1 aromatic rings. The van der Waals surface area contributed by atoms with Gasteiger partial charge in [0, 0.05) is 32.7 Å². The quantitative estimate of drug-likeness (QED) is 0.809. The molecule has 1 fully saturated rings. The van der Waals surface area contributed by atoms with Crippen LogP contribution >= 0.6 is 0 Å². The highest BCUT2D eigenvalue weighted by atomic mass is 16.5. The number of ether oxygens (including phenoxy) is 1. The molecule has 0 spiro atoms. The Bertz CT molecular complexity index is 482. The van der Waals surface area contributed by atoms with Crippen molar-refractivity contribution in [2.24, 2.45) is 0 Å². The largest absolute Gasteiger partial charge is 0.494 e. The number of aryl methyl sites for hydroxylation is 1. The summed E-state index contributed by atoms with van der Waals surface area (Å²) in [5.74, 6) is -0.272. The number of piperazine rings is 1. The number of rotatable bonds is 6. The van der Waals surface area contributed by atoms with Crippen LogP contribution in [0.25, 0.3) is 0 Å². The highest BCUT2D eigenvalue weighted by Gasteiger charge is 2.13. The van der Waals surface area contributed by atoms with Crippen LogP contribution in [0.2, 0.25) is 0 Å². The minimum absolute atomic E-state index is 0.282. The zero-order chi connectivity index (χ0) is 15.2. The van der Waals surface area contributed by atoms with E-state index in [4.69, 9.17) is 9.84 Å². The maximum atomic E-state index is 11.0. The van der Waals surface area contributed by atoms with Crippen molar-refractivity contribution >= 4 is 5.97 Å². The van der Waals surface area contributed by atoms with Gasteiger partial charge in [-0.05, 0) is 44.2 Å². The van der Waals surface area contributed by atoms with E-state index < -0.39 is 5.97 Å². The fourth-order valence-electron chi connectivity index (χ4n) is 2.50. The van der Waals surface area contributed by atoms with Crippen molar-refractivity contribution in [3.8, 4) is 5.75 Å². The maximum absolute atomic E-state index is 11.0. The lowest BCUT2D eigenvalue weighted by Gasteiger charge is -2.32. The molecule has 2 rings (SSSR count). The lowest BCUT2D eigenvalue weighted by atomic mass is 10.1. The van der Waals surface area contributed by atoms with Crippen LogP contribution in [0.4, 0.5) is 0 Å². The van der Waals surface area contributed by atoms with E-state index in [0.29, 0.717) is 12.4 Å². The summed E-state index contributed by atoms with van der Waals surface area (Å²) in [6.45, 7) is 8.01. The standard InChI is InChI=1S/C16H24N2O3/c1-13-10-14(16(19)20)12-15(11-13)21-9-3-4-18-7-5-17(2)6-8-18/h10-12H,3-9H2,1-2H3,(H,19,20). The van der Waals surface area contributed by atoms with Crippen molar-refractivity contribution in [2.75, 3.05) is 46.4 Å². The average Bonchev–Trinajstić information content (AvgIpc) is 2.45. The molecule has 5 nitrogen and oxygen atoms in total. The predicted octanol–water partition coefficient (Wildman–Crippen LogP) is 1.71. The van der Waals surface area contributed by atoms with Gasteiger partial charge in [0.15, 0.2) is 0 Å². The predicted molar refractivity (Wildman–Crippen MR) is 82.2 cm³/mol. The number of carboxylic acids is 1.